The molecule has 0 saturated carbocycles. The molecule has 2 aromatic heterocycles. The van der Waals surface area contributed by atoms with Gasteiger partial charge in [0.15, 0.2) is 11.4 Å². The number of aryl methyl sites for hydroxylation is 2. The predicted octanol–water partition coefficient (Wildman–Crippen LogP) is 9.83. The van der Waals surface area contributed by atoms with Gasteiger partial charge in [-0.25, -0.2) is 0 Å². The molecular weight excluding hydrogens is 556 g/mol. The molecule has 2 aromatic carbocycles. The van der Waals surface area contributed by atoms with Gasteiger partial charge in [0.2, 0.25) is 11.8 Å². The Bertz CT molecular complexity index is 1580. The molecule has 0 unspecified atom stereocenters. The highest BCUT2D eigenvalue weighted by atomic mass is 16.3. The van der Waals surface area contributed by atoms with Crippen molar-refractivity contribution in [2.75, 3.05) is 0 Å². The van der Waals surface area contributed by atoms with Gasteiger partial charge in [0.25, 0.3) is 11.8 Å². The maximum Gasteiger partial charge on any atom is 0.264 e. The van der Waals surface area contributed by atoms with Crippen LogP contribution in [0.4, 0.5) is 11.4 Å². The Morgan fingerprint density at radius 1 is 0.636 bits per heavy atom. The Kier molecular flexibility index (Phi) is 10.7. The zero-order valence-electron chi connectivity index (χ0n) is 26.7. The number of rotatable bonds is 13. The van der Waals surface area contributed by atoms with Crippen molar-refractivity contribution in [2.24, 2.45) is 20.5 Å². The van der Waals surface area contributed by atoms with Crippen molar-refractivity contribution in [3.05, 3.63) is 47.5 Å². The van der Waals surface area contributed by atoms with Crippen molar-refractivity contribution in [3.8, 4) is 11.8 Å². The van der Waals surface area contributed by atoms with Crippen LogP contribution in [0.5, 0.6) is 11.8 Å². The van der Waals surface area contributed by atoms with Crippen molar-refractivity contribution in [1.82, 2.24) is 9.13 Å². The Hall–Kier alpha value is -4.34. The van der Waals surface area contributed by atoms with Crippen LogP contribution in [0.2, 0.25) is 0 Å². The van der Waals surface area contributed by atoms with Crippen LogP contribution in [0.1, 0.15) is 102 Å². The molecule has 2 amide bonds. The van der Waals surface area contributed by atoms with Gasteiger partial charge >= 0.3 is 0 Å². The largest absolute Gasteiger partial charge is 0.493 e. The zero-order valence-corrected chi connectivity index (χ0v) is 26.7. The first-order valence-electron chi connectivity index (χ1n) is 15.6. The Morgan fingerprint density at radius 2 is 1.00 bits per heavy atom. The van der Waals surface area contributed by atoms with Crippen LogP contribution < -0.4 is 0 Å². The van der Waals surface area contributed by atoms with Gasteiger partial charge in [0.1, 0.15) is 0 Å². The van der Waals surface area contributed by atoms with E-state index in [9.17, 15) is 19.8 Å². The second-order valence-corrected chi connectivity index (χ2v) is 12.1. The monoisotopic (exact) mass is 600 g/mol. The molecule has 0 aliphatic rings. The van der Waals surface area contributed by atoms with E-state index in [0.717, 1.165) is 58.6 Å². The summed E-state index contributed by atoms with van der Waals surface area (Å²) in [5.74, 6) is -0.583. The summed E-state index contributed by atoms with van der Waals surface area (Å²) in [6, 6.07) is 11.8. The Labute approximate surface area is 258 Å². The molecule has 0 fully saturated rings. The lowest BCUT2D eigenvalue weighted by molar-refractivity contribution is -0.119. The van der Waals surface area contributed by atoms with Gasteiger partial charge in [-0.2, -0.15) is 0 Å². The van der Waals surface area contributed by atoms with Gasteiger partial charge in [0, 0.05) is 35.7 Å². The highest BCUT2D eigenvalue weighted by Crippen LogP contribution is 2.42. The second kappa shape index (κ2) is 14.4. The Morgan fingerprint density at radius 3 is 1.36 bits per heavy atom. The molecule has 234 valence electrons. The van der Waals surface area contributed by atoms with E-state index in [4.69, 9.17) is 0 Å². The highest BCUT2D eigenvalue weighted by Gasteiger charge is 2.20. The molecule has 0 saturated heterocycles. The lowest BCUT2D eigenvalue weighted by Gasteiger charge is -2.10. The van der Waals surface area contributed by atoms with Gasteiger partial charge < -0.3 is 19.3 Å². The molecule has 10 heteroatoms. The summed E-state index contributed by atoms with van der Waals surface area (Å²) >= 11 is 0. The summed E-state index contributed by atoms with van der Waals surface area (Å²) < 4.78 is 3.59. The number of carbonyl (C=O) groups is 2. The number of aromatic nitrogens is 2. The normalized spacial score (nSPS) is 12.3. The molecule has 0 aliphatic carbocycles. The number of amides is 2. The minimum Gasteiger partial charge on any atom is -0.493 e. The van der Waals surface area contributed by atoms with E-state index in [-0.39, 0.29) is 35.7 Å². The molecule has 44 heavy (non-hydrogen) atoms. The maximum absolute atomic E-state index is 12.4. The van der Waals surface area contributed by atoms with E-state index in [2.05, 4.69) is 20.5 Å². The van der Waals surface area contributed by atoms with Gasteiger partial charge in [-0.15, -0.1) is 20.5 Å². The van der Waals surface area contributed by atoms with Crippen molar-refractivity contribution in [1.29, 1.82) is 0 Å². The van der Waals surface area contributed by atoms with Crippen molar-refractivity contribution in [2.45, 2.75) is 105 Å². The fraction of sp³-hybridized carbons (Fsp3) is 0.471. The average Bonchev–Trinajstić information content (AvgIpc) is 3.40. The molecule has 4 aromatic rings. The number of azo groups is 2. The van der Waals surface area contributed by atoms with E-state index in [1.807, 2.05) is 77.9 Å². The fourth-order valence-corrected chi connectivity index (χ4v) is 5.61. The number of nitrogens with zero attached hydrogens (tertiary/aromatic N) is 6. The minimum absolute atomic E-state index is 0.0177. The van der Waals surface area contributed by atoms with E-state index in [1.54, 1.807) is 9.13 Å². The van der Waals surface area contributed by atoms with Gasteiger partial charge in [-0.3, -0.25) is 9.59 Å². The number of benzene rings is 2. The molecule has 0 aliphatic heterocycles. The quantitative estimate of drug-likeness (QED) is 0.117. The molecule has 10 nitrogen and oxygen atoms in total. The molecule has 0 atom stereocenters. The summed E-state index contributed by atoms with van der Waals surface area (Å²) in [6.07, 6.45) is 5.66. The third-order valence-electron chi connectivity index (χ3n) is 7.80. The summed E-state index contributed by atoms with van der Waals surface area (Å²) in [5.41, 5.74) is 4.45. The Balaban J connectivity index is 1.18. The predicted molar refractivity (Wildman–Crippen MR) is 173 cm³/mol. The molecule has 0 bridgehead atoms. The molecule has 0 spiro atoms. The maximum atomic E-state index is 12.4. The summed E-state index contributed by atoms with van der Waals surface area (Å²) in [6.45, 7) is 11.9. The van der Waals surface area contributed by atoms with Crippen molar-refractivity contribution < 1.29 is 19.8 Å². The smallest absolute Gasteiger partial charge is 0.264 e. The molecule has 2 N–H and O–H groups in total. The van der Waals surface area contributed by atoms with Crippen LogP contribution >= 0.6 is 0 Å². The fourth-order valence-electron chi connectivity index (χ4n) is 5.61. The third-order valence-corrected chi connectivity index (χ3v) is 7.80. The van der Waals surface area contributed by atoms with Crippen LogP contribution in [-0.2, 0) is 9.59 Å². The lowest BCUT2D eigenvalue weighted by Crippen LogP contribution is -1.99. The zero-order chi connectivity index (χ0) is 32.0. The lowest BCUT2D eigenvalue weighted by atomic mass is 10.1. The first-order valence-corrected chi connectivity index (χ1v) is 15.6. The third kappa shape index (κ3) is 7.41. The van der Waals surface area contributed by atoms with E-state index < -0.39 is 0 Å². The molecular formula is C34H44N6O4. The molecule has 2 heterocycles. The topological polar surface area (TPSA) is 134 Å². The summed E-state index contributed by atoms with van der Waals surface area (Å²) in [4.78, 5) is 24.7. The second-order valence-electron chi connectivity index (χ2n) is 12.1. The van der Waals surface area contributed by atoms with Gasteiger partial charge in [0.05, 0.1) is 11.0 Å². The van der Waals surface area contributed by atoms with Crippen LogP contribution in [0.15, 0.2) is 56.9 Å². The number of fused-ring (bicyclic) bond motifs is 2. The van der Waals surface area contributed by atoms with Crippen molar-refractivity contribution >= 4 is 45.0 Å². The van der Waals surface area contributed by atoms with Gasteiger partial charge in [-0.1, -0.05) is 48.9 Å². The number of hydrogen-bond acceptors (Lipinski definition) is 6. The number of hydrogen-bond donors (Lipinski definition) is 2. The van der Waals surface area contributed by atoms with Crippen molar-refractivity contribution in [3.63, 3.8) is 0 Å². The SMILES string of the molecule is Cc1ccc2c(c1)c(N=NC(=O)CCCCCCCCC(=O)N=Nc1c(O)n(C(C)C)c3ccc(C)cc13)c(O)n2C(C)C. The summed E-state index contributed by atoms with van der Waals surface area (Å²) in [5, 5.41) is 39.1. The van der Waals surface area contributed by atoms with E-state index in [1.165, 1.54) is 0 Å². The highest BCUT2D eigenvalue weighted by molar-refractivity contribution is 5.96. The minimum atomic E-state index is -0.309. The molecule has 4 rings (SSSR count). The molecule has 0 radical (unpaired) electrons. The first kappa shape index (κ1) is 32.6. The van der Waals surface area contributed by atoms with Crippen LogP contribution in [0, 0.1) is 13.8 Å². The standard InChI is InChI=1S/C34H44N6O4/c1-21(2)39-27-17-15-23(5)19-25(27)31(33(39)43)37-35-29(41)13-11-9-7-8-10-12-14-30(42)36-38-32-26-20-24(6)16-18-28(26)40(22(3)4)34(32)44/h15-22,43-44H,7-14H2,1-6H3. The van der Waals surface area contributed by atoms with Crippen LogP contribution in [-0.4, -0.2) is 31.2 Å². The van der Waals surface area contributed by atoms with E-state index >= 15 is 0 Å². The summed E-state index contributed by atoms with van der Waals surface area (Å²) in [7, 11) is 0. The number of carbonyl (C=O) groups excluding carboxylic acids is 2. The average molecular weight is 601 g/mol. The number of unbranched alkanes of at least 4 members (excludes halogenated alkanes) is 5. The van der Waals surface area contributed by atoms with Crippen LogP contribution in [0.3, 0.4) is 0 Å². The number of aromatic hydroxyl groups is 2. The van der Waals surface area contributed by atoms with Gasteiger partial charge in [-0.05, 0) is 78.6 Å². The van der Waals surface area contributed by atoms with Crippen LogP contribution in [0.25, 0.3) is 21.8 Å². The van der Waals surface area contributed by atoms with E-state index in [0.29, 0.717) is 37.1 Å². The first-order chi connectivity index (χ1) is 21.0.